The van der Waals surface area contributed by atoms with Crippen molar-refractivity contribution in [3.63, 3.8) is 0 Å². The van der Waals surface area contributed by atoms with Crippen LogP contribution in [0.3, 0.4) is 0 Å². The highest BCUT2D eigenvalue weighted by Crippen LogP contribution is 2.32. The monoisotopic (exact) mass is 198 g/mol. The van der Waals surface area contributed by atoms with Crippen LogP contribution in [0.4, 0.5) is 8.78 Å². The first kappa shape index (κ1) is 9.44. The minimum absolute atomic E-state index is 0.179. The highest BCUT2D eigenvalue weighted by atomic mass is 19.3. The van der Waals surface area contributed by atoms with Gasteiger partial charge in [0, 0.05) is 0 Å². The van der Waals surface area contributed by atoms with Gasteiger partial charge in [-0.15, -0.1) is 0 Å². The third-order valence-electron chi connectivity index (χ3n) is 2.40. The quantitative estimate of drug-likeness (QED) is 0.621. The minimum atomic E-state index is -3.00. The molecule has 0 amide bonds. The van der Waals surface area contributed by atoms with E-state index in [-0.39, 0.29) is 6.42 Å². The summed E-state index contributed by atoms with van der Waals surface area (Å²) in [6, 6.07) is 7.02. The molecule has 14 heavy (non-hydrogen) atoms. The Balaban J connectivity index is 2.30. The van der Waals surface area contributed by atoms with Crippen molar-refractivity contribution in [2.24, 2.45) is 0 Å². The van der Waals surface area contributed by atoms with Crippen LogP contribution in [-0.2, 0) is 6.42 Å². The number of ether oxygens (including phenoxy) is 1. The van der Waals surface area contributed by atoms with Crippen molar-refractivity contribution in [2.45, 2.75) is 31.8 Å². The summed E-state index contributed by atoms with van der Waals surface area (Å²) >= 11 is 0. The fourth-order valence-electron chi connectivity index (χ4n) is 1.67. The van der Waals surface area contributed by atoms with E-state index in [9.17, 15) is 8.78 Å². The van der Waals surface area contributed by atoms with E-state index >= 15 is 0 Å². The third-order valence-corrected chi connectivity index (χ3v) is 2.40. The van der Waals surface area contributed by atoms with Gasteiger partial charge in [0.05, 0.1) is 6.42 Å². The van der Waals surface area contributed by atoms with Crippen LogP contribution in [0.1, 0.15) is 24.8 Å². The van der Waals surface area contributed by atoms with Gasteiger partial charge in [0.15, 0.2) is 0 Å². The number of halogens is 2. The van der Waals surface area contributed by atoms with Crippen LogP contribution in [-0.4, -0.2) is 6.11 Å². The topological polar surface area (TPSA) is 9.23 Å². The van der Waals surface area contributed by atoms with Gasteiger partial charge in [-0.2, -0.15) is 8.78 Å². The van der Waals surface area contributed by atoms with Gasteiger partial charge < -0.3 is 4.74 Å². The number of aryl methyl sites for hydroxylation is 1. The average molecular weight is 198 g/mol. The lowest BCUT2D eigenvalue weighted by Crippen LogP contribution is -2.26. The molecule has 0 aromatic heterocycles. The zero-order chi connectivity index (χ0) is 10.0. The second-order valence-electron chi connectivity index (χ2n) is 3.55. The smallest absolute Gasteiger partial charge is 0.397 e. The Morgan fingerprint density at radius 1 is 1.14 bits per heavy atom. The number of alkyl halides is 2. The van der Waals surface area contributed by atoms with Gasteiger partial charge in [-0.05, 0) is 30.9 Å². The zero-order valence-electron chi connectivity index (χ0n) is 7.80. The first-order chi connectivity index (χ1) is 6.67. The molecule has 0 N–H and O–H groups in total. The van der Waals surface area contributed by atoms with Crippen molar-refractivity contribution in [1.82, 2.24) is 0 Å². The molecule has 1 aromatic carbocycles. The maximum Gasteiger partial charge on any atom is 0.397 e. The first-order valence-corrected chi connectivity index (χ1v) is 4.82. The summed E-state index contributed by atoms with van der Waals surface area (Å²) in [5, 5.41) is 0. The summed E-state index contributed by atoms with van der Waals surface area (Å²) < 4.78 is 30.9. The summed E-state index contributed by atoms with van der Waals surface area (Å²) in [7, 11) is 0. The van der Waals surface area contributed by atoms with E-state index in [2.05, 4.69) is 0 Å². The Morgan fingerprint density at radius 3 is 2.79 bits per heavy atom. The Labute approximate surface area is 81.7 Å². The SMILES string of the molecule is FC1(F)CCCCc2ccccc2O1. The Morgan fingerprint density at radius 2 is 1.93 bits per heavy atom. The molecule has 0 saturated carbocycles. The van der Waals surface area contributed by atoms with Crippen LogP contribution in [0.25, 0.3) is 0 Å². The number of benzene rings is 1. The predicted molar refractivity (Wildman–Crippen MR) is 49.6 cm³/mol. The summed E-state index contributed by atoms with van der Waals surface area (Å²) in [6.45, 7) is 0. The number of fused-ring (bicyclic) bond motifs is 1. The van der Waals surface area contributed by atoms with Gasteiger partial charge in [-0.3, -0.25) is 0 Å². The van der Waals surface area contributed by atoms with Crippen molar-refractivity contribution in [1.29, 1.82) is 0 Å². The fraction of sp³-hybridized carbons (Fsp3) is 0.455. The van der Waals surface area contributed by atoms with Crippen LogP contribution < -0.4 is 4.74 Å². The number of para-hydroxylation sites is 1. The van der Waals surface area contributed by atoms with E-state index in [0.29, 0.717) is 12.2 Å². The second-order valence-corrected chi connectivity index (χ2v) is 3.55. The molecule has 1 nitrogen and oxygen atoms in total. The Bertz CT molecular complexity index is 323. The molecule has 0 fully saturated rings. The fourth-order valence-corrected chi connectivity index (χ4v) is 1.67. The maximum absolute atomic E-state index is 13.1. The van der Waals surface area contributed by atoms with Gasteiger partial charge in [-0.1, -0.05) is 18.2 Å². The average Bonchev–Trinajstić information content (AvgIpc) is 2.11. The molecular weight excluding hydrogens is 186 g/mol. The third kappa shape index (κ3) is 2.03. The molecule has 76 valence electrons. The Kier molecular flexibility index (Phi) is 2.40. The van der Waals surface area contributed by atoms with Gasteiger partial charge >= 0.3 is 6.11 Å². The number of hydrogen-bond donors (Lipinski definition) is 0. The largest absolute Gasteiger partial charge is 0.432 e. The molecule has 0 saturated heterocycles. The lowest BCUT2D eigenvalue weighted by atomic mass is 10.0. The summed E-state index contributed by atoms with van der Waals surface area (Å²) in [5.41, 5.74) is 0.881. The van der Waals surface area contributed by atoms with Gasteiger partial charge in [0.2, 0.25) is 0 Å². The van der Waals surface area contributed by atoms with E-state index < -0.39 is 6.11 Å². The predicted octanol–water partition coefficient (Wildman–Crippen LogP) is 3.38. The lowest BCUT2D eigenvalue weighted by Gasteiger charge is -2.22. The Hall–Kier alpha value is -1.12. The molecule has 0 atom stereocenters. The highest BCUT2D eigenvalue weighted by molar-refractivity contribution is 5.33. The van der Waals surface area contributed by atoms with E-state index in [0.717, 1.165) is 18.4 Å². The number of hydrogen-bond acceptors (Lipinski definition) is 1. The molecule has 0 spiro atoms. The maximum atomic E-state index is 13.1. The molecule has 2 rings (SSSR count). The highest BCUT2D eigenvalue weighted by Gasteiger charge is 2.32. The van der Waals surface area contributed by atoms with Crippen molar-refractivity contribution >= 4 is 0 Å². The van der Waals surface area contributed by atoms with Crippen LogP contribution in [0, 0.1) is 0 Å². The lowest BCUT2D eigenvalue weighted by molar-refractivity contribution is -0.183. The molecule has 0 unspecified atom stereocenters. The molecular formula is C11H12F2O. The molecule has 1 aliphatic rings. The van der Waals surface area contributed by atoms with Crippen LogP contribution in [0.2, 0.25) is 0 Å². The standard InChI is InChI=1S/C11H12F2O/c12-11(13)8-4-3-6-9-5-1-2-7-10(9)14-11/h1-2,5,7H,3-4,6,8H2. The van der Waals surface area contributed by atoms with Crippen LogP contribution in [0.5, 0.6) is 5.75 Å². The van der Waals surface area contributed by atoms with E-state index in [4.69, 9.17) is 4.74 Å². The molecule has 0 bridgehead atoms. The van der Waals surface area contributed by atoms with Gasteiger partial charge in [0.1, 0.15) is 5.75 Å². The molecule has 0 radical (unpaired) electrons. The van der Waals surface area contributed by atoms with Crippen molar-refractivity contribution in [3.8, 4) is 5.75 Å². The van der Waals surface area contributed by atoms with Crippen LogP contribution >= 0.6 is 0 Å². The van der Waals surface area contributed by atoms with Gasteiger partial charge in [-0.25, -0.2) is 0 Å². The normalized spacial score (nSPS) is 20.1. The van der Waals surface area contributed by atoms with Crippen LogP contribution in [0.15, 0.2) is 24.3 Å². The summed E-state index contributed by atoms with van der Waals surface area (Å²) in [6.07, 6.45) is -1.04. The van der Waals surface area contributed by atoms with E-state index in [1.165, 1.54) is 0 Å². The van der Waals surface area contributed by atoms with Crippen molar-refractivity contribution < 1.29 is 13.5 Å². The summed E-state index contributed by atoms with van der Waals surface area (Å²) in [5.74, 6) is 0.331. The first-order valence-electron chi connectivity index (χ1n) is 4.82. The van der Waals surface area contributed by atoms with Gasteiger partial charge in [0.25, 0.3) is 0 Å². The van der Waals surface area contributed by atoms with E-state index in [1.807, 2.05) is 12.1 Å². The molecule has 0 aliphatic carbocycles. The minimum Gasteiger partial charge on any atom is -0.432 e. The second kappa shape index (κ2) is 3.56. The molecule has 1 aromatic rings. The zero-order valence-corrected chi connectivity index (χ0v) is 7.80. The molecule has 1 heterocycles. The van der Waals surface area contributed by atoms with Crippen molar-refractivity contribution in [3.05, 3.63) is 29.8 Å². The molecule has 1 aliphatic heterocycles. The summed E-state index contributed by atoms with van der Waals surface area (Å²) in [4.78, 5) is 0. The molecule has 3 heteroatoms. The number of rotatable bonds is 0. The van der Waals surface area contributed by atoms with Crippen molar-refractivity contribution in [2.75, 3.05) is 0 Å². The van der Waals surface area contributed by atoms with E-state index in [1.54, 1.807) is 12.1 Å².